The van der Waals surface area contributed by atoms with Gasteiger partial charge in [0, 0.05) is 31.1 Å². The van der Waals surface area contributed by atoms with Gasteiger partial charge in [-0.05, 0) is 49.6 Å². The molecule has 0 radical (unpaired) electrons. The summed E-state index contributed by atoms with van der Waals surface area (Å²) >= 11 is 0. The molecule has 0 bridgehead atoms. The number of hydrogen-bond acceptors (Lipinski definition) is 3. The van der Waals surface area contributed by atoms with Crippen molar-refractivity contribution < 1.29 is 9.53 Å². The molecule has 0 atom stereocenters. The Kier molecular flexibility index (Phi) is 4.33. The maximum Gasteiger partial charge on any atom is 0.254 e. The van der Waals surface area contributed by atoms with E-state index < -0.39 is 0 Å². The van der Waals surface area contributed by atoms with Crippen LogP contribution in [0, 0.1) is 13.8 Å². The molecule has 23 heavy (non-hydrogen) atoms. The van der Waals surface area contributed by atoms with Gasteiger partial charge in [0.1, 0.15) is 0 Å². The molecule has 1 aromatic heterocycles. The van der Waals surface area contributed by atoms with E-state index in [9.17, 15) is 4.79 Å². The number of carbonyl (C=O) groups is 1. The van der Waals surface area contributed by atoms with Crippen LogP contribution < -0.4 is 4.74 Å². The van der Waals surface area contributed by atoms with Gasteiger partial charge in [0.25, 0.3) is 5.91 Å². The third-order valence-corrected chi connectivity index (χ3v) is 4.36. The number of aromatic nitrogens is 1. The highest BCUT2D eigenvalue weighted by molar-refractivity contribution is 5.94. The van der Waals surface area contributed by atoms with Crippen LogP contribution in [0.5, 0.6) is 5.88 Å². The maximum atomic E-state index is 12.7. The SMILES string of the molecule is CCOc1ccc2c(n1)CCN(C(=O)c1ccc(C)c(C)c1)C2. The summed E-state index contributed by atoms with van der Waals surface area (Å²) in [5, 5.41) is 0. The van der Waals surface area contributed by atoms with Gasteiger partial charge < -0.3 is 9.64 Å². The fourth-order valence-electron chi connectivity index (χ4n) is 2.85. The number of pyridine rings is 1. The molecule has 120 valence electrons. The molecule has 0 spiro atoms. The molecule has 0 saturated heterocycles. The molecule has 1 amide bonds. The Morgan fingerprint density at radius 1 is 1.22 bits per heavy atom. The number of amides is 1. The van der Waals surface area contributed by atoms with Gasteiger partial charge in [-0.15, -0.1) is 0 Å². The highest BCUT2D eigenvalue weighted by Crippen LogP contribution is 2.22. The number of fused-ring (bicyclic) bond motifs is 1. The normalized spacial score (nSPS) is 13.6. The molecule has 0 saturated carbocycles. The van der Waals surface area contributed by atoms with Gasteiger partial charge in [-0.3, -0.25) is 4.79 Å². The van der Waals surface area contributed by atoms with Crippen molar-refractivity contribution in [3.63, 3.8) is 0 Å². The van der Waals surface area contributed by atoms with Crippen LogP contribution in [0.3, 0.4) is 0 Å². The zero-order valence-electron chi connectivity index (χ0n) is 13.9. The Labute approximate surface area is 137 Å². The summed E-state index contributed by atoms with van der Waals surface area (Å²) in [6.07, 6.45) is 0.771. The van der Waals surface area contributed by atoms with Gasteiger partial charge in [0.15, 0.2) is 0 Å². The summed E-state index contributed by atoms with van der Waals surface area (Å²) in [6, 6.07) is 9.80. The first kappa shape index (κ1) is 15.5. The minimum atomic E-state index is 0.0904. The van der Waals surface area contributed by atoms with Crippen LogP contribution in [-0.2, 0) is 13.0 Å². The van der Waals surface area contributed by atoms with Gasteiger partial charge in [0.05, 0.1) is 12.3 Å². The first-order chi connectivity index (χ1) is 11.1. The number of ether oxygens (including phenoxy) is 1. The number of benzene rings is 1. The minimum Gasteiger partial charge on any atom is -0.478 e. The largest absolute Gasteiger partial charge is 0.478 e. The van der Waals surface area contributed by atoms with Crippen molar-refractivity contribution >= 4 is 5.91 Å². The molecule has 3 rings (SSSR count). The molecule has 1 aliphatic rings. The Morgan fingerprint density at radius 3 is 2.78 bits per heavy atom. The zero-order chi connectivity index (χ0) is 16.4. The highest BCUT2D eigenvalue weighted by atomic mass is 16.5. The summed E-state index contributed by atoms with van der Waals surface area (Å²) in [7, 11) is 0. The van der Waals surface area contributed by atoms with E-state index in [1.807, 2.05) is 49.1 Å². The fourth-order valence-corrected chi connectivity index (χ4v) is 2.85. The molecule has 2 heterocycles. The third-order valence-electron chi connectivity index (χ3n) is 4.36. The molecule has 4 heteroatoms. The zero-order valence-corrected chi connectivity index (χ0v) is 13.9. The number of aryl methyl sites for hydroxylation is 2. The molecule has 0 aliphatic carbocycles. The van der Waals surface area contributed by atoms with Crippen LogP contribution in [-0.4, -0.2) is 28.9 Å². The summed E-state index contributed by atoms with van der Waals surface area (Å²) in [5.74, 6) is 0.757. The molecule has 1 aliphatic heterocycles. The number of rotatable bonds is 3. The lowest BCUT2D eigenvalue weighted by Gasteiger charge is -2.28. The van der Waals surface area contributed by atoms with E-state index in [1.165, 1.54) is 5.56 Å². The van der Waals surface area contributed by atoms with Crippen LogP contribution in [0.15, 0.2) is 30.3 Å². The molecule has 0 fully saturated rings. The average Bonchev–Trinajstić information content (AvgIpc) is 2.56. The van der Waals surface area contributed by atoms with Gasteiger partial charge in [-0.2, -0.15) is 0 Å². The lowest BCUT2D eigenvalue weighted by Crippen LogP contribution is -2.36. The molecule has 1 aromatic carbocycles. The second kappa shape index (κ2) is 6.41. The smallest absolute Gasteiger partial charge is 0.254 e. The van der Waals surface area contributed by atoms with Crippen molar-refractivity contribution in [2.45, 2.75) is 33.7 Å². The molecular formula is C19H22N2O2. The Morgan fingerprint density at radius 2 is 2.04 bits per heavy atom. The van der Waals surface area contributed by atoms with Crippen molar-refractivity contribution in [2.24, 2.45) is 0 Å². The highest BCUT2D eigenvalue weighted by Gasteiger charge is 2.23. The number of nitrogens with zero attached hydrogens (tertiary/aromatic N) is 2. The monoisotopic (exact) mass is 310 g/mol. The predicted octanol–water partition coefficient (Wildman–Crippen LogP) is 3.30. The van der Waals surface area contributed by atoms with Crippen molar-refractivity contribution in [2.75, 3.05) is 13.2 Å². The topological polar surface area (TPSA) is 42.4 Å². The van der Waals surface area contributed by atoms with Gasteiger partial charge in [-0.25, -0.2) is 4.98 Å². The van der Waals surface area contributed by atoms with Crippen LogP contribution in [0.4, 0.5) is 0 Å². The van der Waals surface area contributed by atoms with Gasteiger partial charge in [-0.1, -0.05) is 12.1 Å². The van der Waals surface area contributed by atoms with Crippen molar-refractivity contribution in [1.29, 1.82) is 0 Å². The third kappa shape index (κ3) is 3.21. The van der Waals surface area contributed by atoms with Crippen molar-refractivity contribution in [3.05, 3.63) is 58.3 Å². The average molecular weight is 310 g/mol. The van der Waals surface area contributed by atoms with Gasteiger partial charge in [0.2, 0.25) is 5.88 Å². The van der Waals surface area contributed by atoms with E-state index in [0.29, 0.717) is 25.6 Å². The van der Waals surface area contributed by atoms with E-state index in [-0.39, 0.29) is 5.91 Å². The van der Waals surface area contributed by atoms with E-state index in [1.54, 1.807) is 0 Å². The van der Waals surface area contributed by atoms with E-state index in [4.69, 9.17) is 4.74 Å². The van der Waals surface area contributed by atoms with E-state index in [2.05, 4.69) is 11.9 Å². The van der Waals surface area contributed by atoms with Crippen LogP contribution in [0.1, 0.15) is 39.7 Å². The molecule has 2 aromatic rings. The Hall–Kier alpha value is -2.36. The predicted molar refractivity (Wildman–Crippen MR) is 89.8 cm³/mol. The van der Waals surface area contributed by atoms with Crippen molar-refractivity contribution in [3.8, 4) is 5.88 Å². The maximum absolute atomic E-state index is 12.7. The summed E-state index contributed by atoms with van der Waals surface area (Å²) in [6.45, 7) is 7.97. The Balaban J connectivity index is 1.78. The van der Waals surface area contributed by atoms with Crippen LogP contribution in [0.25, 0.3) is 0 Å². The summed E-state index contributed by atoms with van der Waals surface area (Å²) in [4.78, 5) is 19.2. The lowest BCUT2D eigenvalue weighted by molar-refractivity contribution is 0.0733. The Bertz CT molecular complexity index is 740. The minimum absolute atomic E-state index is 0.0904. The van der Waals surface area contributed by atoms with Crippen LogP contribution >= 0.6 is 0 Å². The summed E-state index contributed by atoms with van der Waals surface area (Å²) < 4.78 is 5.45. The number of hydrogen-bond donors (Lipinski definition) is 0. The molecule has 0 N–H and O–H groups in total. The molecule has 4 nitrogen and oxygen atoms in total. The lowest BCUT2D eigenvalue weighted by atomic mass is 10.0. The first-order valence-corrected chi connectivity index (χ1v) is 8.06. The quantitative estimate of drug-likeness (QED) is 0.873. The second-order valence-electron chi connectivity index (χ2n) is 5.96. The summed E-state index contributed by atoms with van der Waals surface area (Å²) in [5.41, 5.74) is 5.27. The number of carbonyl (C=O) groups excluding carboxylic acids is 1. The standard InChI is InChI=1S/C19H22N2O2/c1-4-23-18-8-7-16-12-21(10-9-17(16)20-18)19(22)15-6-5-13(2)14(3)11-15/h5-8,11H,4,9-10,12H2,1-3H3. The van der Waals surface area contributed by atoms with Crippen molar-refractivity contribution in [1.82, 2.24) is 9.88 Å². The second-order valence-corrected chi connectivity index (χ2v) is 5.96. The first-order valence-electron chi connectivity index (χ1n) is 8.06. The van der Waals surface area contributed by atoms with Gasteiger partial charge >= 0.3 is 0 Å². The van der Waals surface area contributed by atoms with E-state index >= 15 is 0 Å². The van der Waals surface area contributed by atoms with Crippen LogP contribution in [0.2, 0.25) is 0 Å². The van der Waals surface area contributed by atoms with E-state index in [0.717, 1.165) is 28.8 Å². The fraction of sp³-hybridized carbons (Fsp3) is 0.368. The molecule has 0 unspecified atom stereocenters. The molecular weight excluding hydrogens is 288 g/mol.